The fourth-order valence-electron chi connectivity index (χ4n) is 1.31. The number of benzene rings is 1. The second-order valence-corrected chi connectivity index (χ2v) is 4.56. The van der Waals surface area contributed by atoms with Gasteiger partial charge in [0.05, 0.1) is 16.4 Å². The van der Waals surface area contributed by atoms with Gasteiger partial charge in [0, 0.05) is 5.69 Å². The number of hydrogen-bond acceptors (Lipinski definition) is 3. The molecule has 1 heterocycles. The summed E-state index contributed by atoms with van der Waals surface area (Å²) in [4.78, 5) is 12.4. The van der Waals surface area contributed by atoms with Crippen LogP contribution < -0.4 is 5.32 Å². The van der Waals surface area contributed by atoms with Crippen LogP contribution in [-0.4, -0.2) is 12.3 Å². The van der Waals surface area contributed by atoms with E-state index in [0.717, 1.165) is 5.69 Å². The highest BCUT2D eigenvalue weighted by atomic mass is 35.5. The highest BCUT2D eigenvalue weighted by molar-refractivity contribution is 7.12. The Morgan fingerprint density at radius 2 is 2.00 bits per heavy atom. The monoisotopic (exact) mass is 251 g/mol. The summed E-state index contributed by atoms with van der Waals surface area (Å²) >= 11 is 7.25. The topological polar surface area (TPSA) is 29.1 Å². The normalized spacial score (nSPS) is 10.1. The number of carbonyl (C=O) groups excluding carboxylic acids is 1. The van der Waals surface area contributed by atoms with Crippen LogP contribution >= 0.6 is 22.9 Å². The number of carbonyl (C=O) groups is 1. The number of Topliss-reactive ketones (excluding diaryl/α,β-unsaturated/α-hetero) is 1. The van der Waals surface area contributed by atoms with Crippen molar-refractivity contribution in [3.63, 3.8) is 0 Å². The van der Waals surface area contributed by atoms with E-state index >= 15 is 0 Å². The van der Waals surface area contributed by atoms with Gasteiger partial charge in [-0.15, -0.1) is 11.3 Å². The van der Waals surface area contributed by atoms with Crippen molar-refractivity contribution in [3.05, 3.63) is 51.7 Å². The van der Waals surface area contributed by atoms with E-state index in [-0.39, 0.29) is 12.3 Å². The van der Waals surface area contributed by atoms with E-state index in [2.05, 4.69) is 5.32 Å². The average Bonchev–Trinajstić information content (AvgIpc) is 2.74. The van der Waals surface area contributed by atoms with E-state index < -0.39 is 0 Å². The lowest BCUT2D eigenvalue weighted by atomic mass is 10.3. The Morgan fingerprint density at radius 3 is 2.62 bits per heavy atom. The first-order valence-electron chi connectivity index (χ1n) is 4.82. The first-order valence-corrected chi connectivity index (χ1v) is 6.08. The molecule has 1 N–H and O–H groups in total. The van der Waals surface area contributed by atoms with Crippen LogP contribution in [0.3, 0.4) is 0 Å². The van der Waals surface area contributed by atoms with Crippen molar-refractivity contribution in [1.29, 1.82) is 0 Å². The molecule has 2 aromatic rings. The molecule has 0 bridgehead atoms. The minimum atomic E-state index is 0.0175. The maximum atomic E-state index is 11.8. The third-order valence-electron chi connectivity index (χ3n) is 2.10. The first-order chi connectivity index (χ1) is 7.77. The molecule has 1 aromatic carbocycles. The highest BCUT2D eigenvalue weighted by Crippen LogP contribution is 2.22. The largest absolute Gasteiger partial charge is 0.378 e. The van der Waals surface area contributed by atoms with Gasteiger partial charge in [-0.2, -0.15) is 0 Å². The standard InChI is InChI=1S/C12H10ClNOS/c13-10-6-7-16-12(10)11(15)8-14-9-4-2-1-3-5-9/h1-7,14H,8H2. The van der Waals surface area contributed by atoms with Crippen LogP contribution in [-0.2, 0) is 0 Å². The lowest BCUT2D eigenvalue weighted by molar-refractivity contribution is 0.101. The molecule has 2 rings (SSSR count). The molecule has 16 heavy (non-hydrogen) atoms. The molecule has 0 spiro atoms. The zero-order valence-electron chi connectivity index (χ0n) is 8.44. The summed E-state index contributed by atoms with van der Waals surface area (Å²) in [5.41, 5.74) is 0.934. The van der Waals surface area contributed by atoms with Gasteiger partial charge in [-0.3, -0.25) is 4.79 Å². The predicted octanol–water partition coefficient (Wildman–Crippen LogP) is 3.70. The molecule has 0 aliphatic heterocycles. The Bertz CT molecular complexity index is 481. The summed E-state index contributed by atoms with van der Waals surface area (Å²) in [5.74, 6) is 0.0175. The van der Waals surface area contributed by atoms with Gasteiger partial charge in [-0.25, -0.2) is 0 Å². The zero-order chi connectivity index (χ0) is 11.4. The number of ketones is 1. The number of nitrogens with one attached hydrogen (secondary N) is 1. The van der Waals surface area contributed by atoms with Gasteiger partial charge in [-0.05, 0) is 23.6 Å². The summed E-state index contributed by atoms with van der Waals surface area (Å²) in [6.07, 6.45) is 0. The van der Waals surface area contributed by atoms with Crippen molar-refractivity contribution in [3.8, 4) is 0 Å². The second kappa shape index (κ2) is 5.14. The maximum absolute atomic E-state index is 11.8. The minimum Gasteiger partial charge on any atom is -0.378 e. The highest BCUT2D eigenvalue weighted by Gasteiger charge is 2.11. The molecule has 0 unspecified atom stereocenters. The van der Waals surface area contributed by atoms with Crippen molar-refractivity contribution in [2.45, 2.75) is 0 Å². The number of rotatable bonds is 4. The summed E-state index contributed by atoms with van der Waals surface area (Å²) in [5, 5.41) is 5.41. The number of hydrogen-bond donors (Lipinski definition) is 1. The van der Waals surface area contributed by atoms with Gasteiger partial charge in [0.2, 0.25) is 0 Å². The fraction of sp³-hybridized carbons (Fsp3) is 0.0833. The number of anilines is 1. The molecule has 0 aliphatic rings. The van der Waals surface area contributed by atoms with Gasteiger partial charge in [-0.1, -0.05) is 29.8 Å². The average molecular weight is 252 g/mol. The molecule has 2 nitrogen and oxygen atoms in total. The molecule has 0 amide bonds. The van der Waals surface area contributed by atoms with Crippen molar-refractivity contribution < 1.29 is 4.79 Å². The van der Waals surface area contributed by atoms with Crippen molar-refractivity contribution in [2.24, 2.45) is 0 Å². The van der Waals surface area contributed by atoms with E-state index in [4.69, 9.17) is 11.6 Å². The SMILES string of the molecule is O=C(CNc1ccccc1)c1sccc1Cl. The van der Waals surface area contributed by atoms with Gasteiger partial charge in [0.1, 0.15) is 0 Å². The van der Waals surface area contributed by atoms with Crippen molar-refractivity contribution >= 4 is 34.4 Å². The van der Waals surface area contributed by atoms with E-state index in [1.807, 2.05) is 35.7 Å². The number of thiophene rings is 1. The van der Waals surface area contributed by atoms with Crippen LogP contribution in [0.15, 0.2) is 41.8 Å². The molecular weight excluding hydrogens is 242 g/mol. The van der Waals surface area contributed by atoms with Crippen molar-refractivity contribution in [2.75, 3.05) is 11.9 Å². The first kappa shape index (κ1) is 11.2. The molecule has 0 aliphatic carbocycles. The molecule has 0 saturated carbocycles. The summed E-state index contributed by atoms with van der Waals surface area (Å²) in [7, 11) is 0. The Morgan fingerprint density at radius 1 is 1.25 bits per heavy atom. The smallest absolute Gasteiger partial charge is 0.193 e. The van der Waals surface area contributed by atoms with Gasteiger partial charge < -0.3 is 5.32 Å². The summed E-state index contributed by atoms with van der Waals surface area (Å²) in [6.45, 7) is 0.268. The minimum absolute atomic E-state index is 0.0175. The van der Waals surface area contributed by atoms with E-state index in [1.54, 1.807) is 6.07 Å². The second-order valence-electron chi connectivity index (χ2n) is 3.24. The lowest BCUT2D eigenvalue weighted by Gasteiger charge is -2.04. The van der Waals surface area contributed by atoms with Crippen LogP contribution in [0.2, 0.25) is 5.02 Å². The lowest BCUT2D eigenvalue weighted by Crippen LogP contribution is -2.12. The third kappa shape index (κ3) is 2.62. The Labute approximate surface area is 103 Å². The summed E-state index contributed by atoms with van der Waals surface area (Å²) < 4.78 is 0. The van der Waals surface area contributed by atoms with E-state index in [0.29, 0.717) is 9.90 Å². The molecule has 1 aromatic heterocycles. The Hall–Kier alpha value is -1.32. The van der Waals surface area contributed by atoms with E-state index in [1.165, 1.54) is 11.3 Å². The van der Waals surface area contributed by atoms with Crippen molar-refractivity contribution in [1.82, 2.24) is 0 Å². The van der Waals surface area contributed by atoms with Crippen LogP contribution in [0.5, 0.6) is 0 Å². The number of halogens is 1. The molecule has 4 heteroatoms. The molecule has 0 fully saturated rings. The molecule has 0 radical (unpaired) electrons. The fourth-order valence-corrected chi connectivity index (χ4v) is 2.41. The molecule has 82 valence electrons. The maximum Gasteiger partial charge on any atom is 0.193 e. The van der Waals surface area contributed by atoms with Crippen LogP contribution in [0, 0.1) is 0 Å². The Kier molecular flexibility index (Phi) is 3.59. The van der Waals surface area contributed by atoms with Crippen LogP contribution in [0.1, 0.15) is 9.67 Å². The van der Waals surface area contributed by atoms with Gasteiger partial charge >= 0.3 is 0 Å². The molecular formula is C12H10ClNOS. The van der Waals surface area contributed by atoms with Crippen LogP contribution in [0.4, 0.5) is 5.69 Å². The van der Waals surface area contributed by atoms with E-state index in [9.17, 15) is 4.79 Å². The molecule has 0 saturated heterocycles. The van der Waals surface area contributed by atoms with Crippen LogP contribution in [0.25, 0.3) is 0 Å². The summed E-state index contributed by atoms with van der Waals surface area (Å²) in [6, 6.07) is 11.4. The van der Waals surface area contributed by atoms with Gasteiger partial charge in [0.25, 0.3) is 0 Å². The molecule has 0 atom stereocenters. The predicted molar refractivity (Wildman–Crippen MR) is 68.6 cm³/mol. The van der Waals surface area contributed by atoms with Gasteiger partial charge in [0.15, 0.2) is 5.78 Å². The zero-order valence-corrected chi connectivity index (χ0v) is 10.0. The third-order valence-corrected chi connectivity index (χ3v) is 3.48. The number of para-hydroxylation sites is 1. The Balaban J connectivity index is 1.97. The quantitative estimate of drug-likeness (QED) is 0.840.